The largest absolute Gasteiger partial charge is 0.371 e. The lowest BCUT2D eigenvalue weighted by molar-refractivity contribution is 0.0411. The second-order valence-corrected chi connectivity index (χ2v) is 5.86. The summed E-state index contributed by atoms with van der Waals surface area (Å²) < 4.78 is 8.80. The zero-order chi connectivity index (χ0) is 12.8. The van der Waals surface area contributed by atoms with Gasteiger partial charge in [-0.05, 0) is 18.6 Å². The van der Waals surface area contributed by atoms with Crippen molar-refractivity contribution in [3.63, 3.8) is 0 Å². The molecule has 0 radical (unpaired) electrons. The minimum Gasteiger partial charge on any atom is -0.371 e. The highest BCUT2D eigenvalue weighted by atomic mass is 35.5. The molecule has 0 saturated heterocycles. The number of halogens is 1. The average Bonchev–Trinajstić information content (AvgIpc) is 2.99. The molecule has 2 rings (SSSR count). The van der Waals surface area contributed by atoms with Crippen molar-refractivity contribution in [2.75, 3.05) is 6.61 Å². The highest BCUT2D eigenvalue weighted by Crippen LogP contribution is 2.30. The van der Waals surface area contributed by atoms with Crippen LogP contribution in [0.15, 0.2) is 30.9 Å². The van der Waals surface area contributed by atoms with Crippen LogP contribution in [0.3, 0.4) is 0 Å². The Kier molecular flexibility index (Phi) is 5.23. The first-order valence-corrected chi connectivity index (χ1v) is 7.31. The van der Waals surface area contributed by atoms with Crippen LogP contribution in [0.1, 0.15) is 30.7 Å². The fraction of sp³-hybridized carbons (Fsp3) is 0.462. The summed E-state index contributed by atoms with van der Waals surface area (Å²) in [6, 6.07) is 3.96. The molecule has 0 aliphatic rings. The van der Waals surface area contributed by atoms with E-state index in [2.05, 4.69) is 11.9 Å². The minimum absolute atomic E-state index is 0.0586. The molecular formula is C13H17ClN2OS. The first-order valence-electron chi connectivity index (χ1n) is 6.12. The van der Waals surface area contributed by atoms with Crippen molar-refractivity contribution in [1.29, 1.82) is 0 Å². The molecule has 1 unspecified atom stereocenters. The van der Waals surface area contributed by atoms with E-state index in [-0.39, 0.29) is 6.10 Å². The lowest BCUT2D eigenvalue weighted by atomic mass is 10.3. The quantitative estimate of drug-likeness (QED) is 0.714. The number of aromatic nitrogens is 2. The Morgan fingerprint density at radius 2 is 2.39 bits per heavy atom. The second kappa shape index (κ2) is 6.92. The molecule has 0 aliphatic carbocycles. The number of thiophene rings is 1. The van der Waals surface area contributed by atoms with Gasteiger partial charge >= 0.3 is 0 Å². The van der Waals surface area contributed by atoms with E-state index in [1.807, 2.05) is 29.2 Å². The van der Waals surface area contributed by atoms with Gasteiger partial charge in [0.15, 0.2) is 0 Å². The van der Waals surface area contributed by atoms with Crippen LogP contribution in [-0.2, 0) is 11.3 Å². The number of hydrogen-bond acceptors (Lipinski definition) is 3. The Bertz CT molecular complexity index is 455. The van der Waals surface area contributed by atoms with E-state index >= 15 is 0 Å². The molecule has 1 atom stereocenters. The molecule has 0 aromatic carbocycles. The molecule has 0 fully saturated rings. The van der Waals surface area contributed by atoms with Crippen molar-refractivity contribution >= 4 is 22.9 Å². The zero-order valence-electron chi connectivity index (χ0n) is 10.4. The van der Waals surface area contributed by atoms with Crippen LogP contribution in [0, 0.1) is 0 Å². The van der Waals surface area contributed by atoms with Crippen LogP contribution in [0.5, 0.6) is 0 Å². The van der Waals surface area contributed by atoms with Crippen molar-refractivity contribution in [3.8, 4) is 0 Å². The van der Waals surface area contributed by atoms with E-state index in [1.54, 1.807) is 17.5 Å². The van der Waals surface area contributed by atoms with Gasteiger partial charge in [0.05, 0.1) is 17.2 Å². The third-order valence-corrected chi connectivity index (χ3v) is 3.99. The lowest BCUT2D eigenvalue weighted by Gasteiger charge is -2.17. The number of ether oxygens (including phenoxy) is 1. The molecule has 3 nitrogen and oxygen atoms in total. The molecule has 5 heteroatoms. The Labute approximate surface area is 116 Å². The first-order chi connectivity index (χ1) is 8.79. The second-order valence-electron chi connectivity index (χ2n) is 4.11. The summed E-state index contributed by atoms with van der Waals surface area (Å²) in [6.07, 6.45) is 7.83. The molecule has 0 amide bonds. The average molecular weight is 285 g/mol. The van der Waals surface area contributed by atoms with E-state index < -0.39 is 0 Å². The Balaban J connectivity index is 2.02. The maximum atomic E-state index is 5.99. The van der Waals surface area contributed by atoms with E-state index in [0.29, 0.717) is 0 Å². The summed E-state index contributed by atoms with van der Waals surface area (Å²) in [5, 5.41) is 0. The zero-order valence-corrected chi connectivity index (χ0v) is 12.0. The number of hydrogen-bond donors (Lipinski definition) is 0. The SMILES string of the molecule is CCCCOC(Cn1ccnc1)c1ccc(Cl)s1. The molecule has 2 heterocycles. The Morgan fingerprint density at radius 3 is 3.00 bits per heavy atom. The Morgan fingerprint density at radius 1 is 1.50 bits per heavy atom. The summed E-state index contributed by atoms with van der Waals surface area (Å²) in [5.74, 6) is 0. The molecule has 0 spiro atoms. The van der Waals surface area contributed by atoms with Gasteiger partial charge < -0.3 is 9.30 Å². The fourth-order valence-corrected chi connectivity index (χ4v) is 2.78. The first kappa shape index (κ1) is 13.6. The molecule has 98 valence electrons. The van der Waals surface area contributed by atoms with Crippen molar-refractivity contribution < 1.29 is 4.74 Å². The van der Waals surface area contributed by atoms with Crippen LogP contribution in [-0.4, -0.2) is 16.2 Å². The predicted octanol–water partition coefficient (Wildman–Crippen LogP) is 4.16. The highest BCUT2D eigenvalue weighted by molar-refractivity contribution is 7.16. The predicted molar refractivity (Wildman–Crippen MR) is 75.2 cm³/mol. The van der Waals surface area contributed by atoms with Gasteiger partial charge in [0.25, 0.3) is 0 Å². The number of unbranched alkanes of at least 4 members (excludes halogenated alkanes) is 1. The van der Waals surface area contributed by atoms with Crippen molar-refractivity contribution in [2.45, 2.75) is 32.4 Å². The minimum atomic E-state index is 0.0586. The number of rotatable bonds is 7. The highest BCUT2D eigenvalue weighted by Gasteiger charge is 2.15. The van der Waals surface area contributed by atoms with Gasteiger partial charge in [0.2, 0.25) is 0 Å². The van der Waals surface area contributed by atoms with Gasteiger partial charge in [-0.25, -0.2) is 4.98 Å². The van der Waals surface area contributed by atoms with Crippen LogP contribution < -0.4 is 0 Å². The molecular weight excluding hydrogens is 268 g/mol. The summed E-state index contributed by atoms with van der Waals surface area (Å²) in [4.78, 5) is 5.23. The van der Waals surface area contributed by atoms with E-state index in [1.165, 1.54) is 4.88 Å². The van der Waals surface area contributed by atoms with Crippen LogP contribution in [0.4, 0.5) is 0 Å². The number of nitrogens with zero attached hydrogens (tertiary/aromatic N) is 2. The summed E-state index contributed by atoms with van der Waals surface area (Å²) >= 11 is 7.57. The van der Waals surface area contributed by atoms with Gasteiger partial charge in [-0.3, -0.25) is 0 Å². The summed E-state index contributed by atoms with van der Waals surface area (Å²) in [5.41, 5.74) is 0. The fourth-order valence-electron chi connectivity index (χ4n) is 1.68. The van der Waals surface area contributed by atoms with Crippen LogP contribution in [0.25, 0.3) is 0 Å². The lowest BCUT2D eigenvalue weighted by Crippen LogP contribution is -2.11. The van der Waals surface area contributed by atoms with Crippen LogP contribution >= 0.6 is 22.9 Å². The maximum absolute atomic E-state index is 5.99. The van der Waals surface area contributed by atoms with Crippen molar-refractivity contribution in [1.82, 2.24) is 9.55 Å². The van der Waals surface area contributed by atoms with Gasteiger partial charge in [0, 0.05) is 23.9 Å². The topological polar surface area (TPSA) is 27.1 Å². The van der Waals surface area contributed by atoms with Gasteiger partial charge in [-0.15, -0.1) is 11.3 Å². The molecule has 0 aliphatic heterocycles. The molecule has 18 heavy (non-hydrogen) atoms. The molecule has 2 aromatic heterocycles. The maximum Gasteiger partial charge on any atom is 0.110 e. The summed E-state index contributed by atoms with van der Waals surface area (Å²) in [6.45, 7) is 3.72. The van der Waals surface area contributed by atoms with Crippen molar-refractivity contribution in [2.24, 2.45) is 0 Å². The summed E-state index contributed by atoms with van der Waals surface area (Å²) in [7, 11) is 0. The Hall–Kier alpha value is -0.840. The molecule has 0 bridgehead atoms. The van der Waals surface area contributed by atoms with E-state index in [4.69, 9.17) is 16.3 Å². The monoisotopic (exact) mass is 284 g/mol. The number of imidazole rings is 1. The third kappa shape index (κ3) is 3.83. The normalized spacial score (nSPS) is 12.8. The van der Waals surface area contributed by atoms with Gasteiger partial charge in [-0.2, -0.15) is 0 Å². The molecule has 0 N–H and O–H groups in total. The smallest absolute Gasteiger partial charge is 0.110 e. The van der Waals surface area contributed by atoms with E-state index in [9.17, 15) is 0 Å². The molecule has 0 saturated carbocycles. The standard InChI is InChI=1S/C13H17ClN2OS/c1-2-3-8-17-11(9-16-7-6-15-10-16)12-4-5-13(14)18-12/h4-7,10-11H,2-3,8-9H2,1H3. The van der Waals surface area contributed by atoms with Crippen LogP contribution in [0.2, 0.25) is 4.34 Å². The van der Waals surface area contributed by atoms with Gasteiger partial charge in [0.1, 0.15) is 6.10 Å². The van der Waals surface area contributed by atoms with E-state index in [0.717, 1.165) is 30.3 Å². The van der Waals surface area contributed by atoms with Crippen molar-refractivity contribution in [3.05, 3.63) is 40.1 Å². The third-order valence-electron chi connectivity index (χ3n) is 2.66. The molecule has 2 aromatic rings. The van der Waals surface area contributed by atoms with Gasteiger partial charge in [-0.1, -0.05) is 24.9 Å².